The quantitative estimate of drug-likeness (QED) is 0.794. The van der Waals surface area contributed by atoms with Crippen LogP contribution in [0.15, 0.2) is 0 Å². The van der Waals surface area contributed by atoms with Gasteiger partial charge in [-0.2, -0.15) is 5.26 Å². The normalized spacial score (nSPS) is 20.1. The number of hydrogen-bond donors (Lipinski definition) is 1. The third-order valence-electron chi connectivity index (χ3n) is 2.79. The van der Waals surface area contributed by atoms with Crippen molar-refractivity contribution in [2.75, 3.05) is 13.1 Å². The second-order valence-electron chi connectivity index (χ2n) is 5.53. The van der Waals surface area contributed by atoms with E-state index in [0.717, 1.165) is 0 Å². The molecule has 1 aliphatic rings. The average molecular weight is 240 g/mol. The standard InChI is InChI=1S/C12H20N2O3/c1-5-9(6-13)12(16)7-14(8-12)10(15)17-11(2,3)4/h9,16H,5,7-8H2,1-4H3. The molecule has 1 N–H and O–H groups in total. The third-order valence-corrected chi connectivity index (χ3v) is 2.79. The molecular formula is C12H20N2O3. The summed E-state index contributed by atoms with van der Waals surface area (Å²) in [6, 6.07) is 2.07. The second kappa shape index (κ2) is 4.53. The maximum absolute atomic E-state index is 11.6. The molecule has 0 radical (unpaired) electrons. The van der Waals surface area contributed by atoms with Crippen molar-refractivity contribution < 1.29 is 14.6 Å². The smallest absolute Gasteiger partial charge is 0.410 e. The highest BCUT2D eigenvalue weighted by molar-refractivity contribution is 5.69. The summed E-state index contributed by atoms with van der Waals surface area (Å²) in [5, 5.41) is 19.0. The first-order chi connectivity index (χ1) is 7.72. The molecule has 1 amide bonds. The average Bonchev–Trinajstić information content (AvgIpc) is 2.12. The fourth-order valence-electron chi connectivity index (χ4n) is 1.88. The van der Waals surface area contributed by atoms with Crippen LogP contribution in [0.5, 0.6) is 0 Å². The zero-order valence-corrected chi connectivity index (χ0v) is 10.9. The molecule has 1 unspecified atom stereocenters. The van der Waals surface area contributed by atoms with Crippen LogP contribution in [0.3, 0.4) is 0 Å². The number of aliphatic hydroxyl groups is 1. The van der Waals surface area contributed by atoms with Gasteiger partial charge in [0.1, 0.15) is 11.2 Å². The molecule has 0 aromatic heterocycles. The predicted octanol–water partition coefficient (Wildman–Crippen LogP) is 1.52. The zero-order valence-electron chi connectivity index (χ0n) is 10.9. The van der Waals surface area contributed by atoms with Gasteiger partial charge in [0, 0.05) is 0 Å². The summed E-state index contributed by atoms with van der Waals surface area (Å²) in [4.78, 5) is 13.1. The van der Waals surface area contributed by atoms with E-state index in [2.05, 4.69) is 6.07 Å². The Morgan fingerprint density at radius 1 is 1.59 bits per heavy atom. The molecule has 5 heteroatoms. The van der Waals surface area contributed by atoms with E-state index in [0.29, 0.717) is 6.42 Å². The van der Waals surface area contributed by atoms with Crippen molar-refractivity contribution in [3.8, 4) is 6.07 Å². The van der Waals surface area contributed by atoms with E-state index in [1.165, 1.54) is 4.90 Å². The van der Waals surface area contributed by atoms with E-state index in [4.69, 9.17) is 10.00 Å². The van der Waals surface area contributed by atoms with Gasteiger partial charge in [-0.05, 0) is 27.2 Å². The first-order valence-electron chi connectivity index (χ1n) is 5.82. The molecule has 5 nitrogen and oxygen atoms in total. The summed E-state index contributed by atoms with van der Waals surface area (Å²) in [6.07, 6.45) is 0.143. The number of amides is 1. The van der Waals surface area contributed by atoms with Crippen LogP contribution >= 0.6 is 0 Å². The van der Waals surface area contributed by atoms with Crippen LogP contribution in [0.2, 0.25) is 0 Å². The highest BCUT2D eigenvalue weighted by atomic mass is 16.6. The lowest BCUT2D eigenvalue weighted by Gasteiger charge is -2.48. The number of ether oxygens (including phenoxy) is 1. The fraction of sp³-hybridized carbons (Fsp3) is 0.833. The van der Waals surface area contributed by atoms with Gasteiger partial charge in [-0.15, -0.1) is 0 Å². The number of hydrogen-bond acceptors (Lipinski definition) is 4. The Labute approximate surface area is 102 Å². The molecule has 0 spiro atoms. The molecule has 0 aliphatic carbocycles. The maximum Gasteiger partial charge on any atom is 0.410 e. The summed E-state index contributed by atoms with van der Waals surface area (Å²) in [6.45, 7) is 7.58. The number of nitriles is 1. The first-order valence-corrected chi connectivity index (χ1v) is 5.82. The number of β-amino-alcohol motifs (C(OH)–C–C–N with tert-alkyl or cyclic N) is 1. The van der Waals surface area contributed by atoms with Gasteiger partial charge >= 0.3 is 6.09 Å². The molecule has 0 bridgehead atoms. The van der Waals surface area contributed by atoms with Crippen molar-refractivity contribution in [3.63, 3.8) is 0 Å². The number of nitrogens with zero attached hydrogens (tertiary/aromatic N) is 2. The van der Waals surface area contributed by atoms with Gasteiger partial charge in [0.25, 0.3) is 0 Å². The van der Waals surface area contributed by atoms with E-state index >= 15 is 0 Å². The lowest BCUT2D eigenvalue weighted by atomic mass is 9.80. The van der Waals surface area contributed by atoms with Gasteiger partial charge in [-0.1, -0.05) is 6.92 Å². The molecule has 1 saturated heterocycles. The Hall–Kier alpha value is -1.28. The van der Waals surface area contributed by atoms with Gasteiger partial charge < -0.3 is 14.7 Å². The van der Waals surface area contributed by atoms with Crippen LogP contribution in [0.1, 0.15) is 34.1 Å². The largest absolute Gasteiger partial charge is 0.444 e. The molecule has 1 atom stereocenters. The van der Waals surface area contributed by atoms with Crippen LogP contribution in [-0.4, -0.2) is 40.4 Å². The minimum Gasteiger partial charge on any atom is -0.444 e. The molecular weight excluding hydrogens is 220 g/mol. The number of likely N-dealkylation sites (tertiary alicyclic amines) is 1. The fourth-order valence-corrected chi connectivity index (χ4v) is 1.88. The Kier molecular flexibility index (Phi) is 3.68. The van der Waals surface area contributed by atoms with Gasteiger partial charge in [0.2, 0.25) is 0 Å². The predicted molar refractivity (Wildman–Crippen MR) is 62.2 cm³/mol. The van der Waals surface area contributed by atoms with E-state index in [-0.39, 0.29) is 13.1 Å². The van der Waals surface area contributed by atoms with Crippen LogP contribution in [-0.2, 0) is 4.74 Å². The SMILES string of the molecule is CCC(C#N)C1(O)CN(C(=O)OC(C)(C)C)C1. The summed E-state index contributed by atoms with van der Waals surface area (Å²) in [5.74, 6) is -0.429. The van der Waals surface area contributed by atoms with Gasteiger partial charge in [0.15, 0.2) is 0 Å². The van der Waals surface area contributed by atoms with E-state index in [9.17, 15) is 9.90 Å². The maximum atomic E-state index is 11.6. The van der Waals surface area contributed by atoms with Gasteiger partial charge in [-0.3, -0.25) is 0 Å². The Morgan fingerprint density at radius 2 is 2.12 bits per heavy atom. The summed E-state index contributed by atoms with van der Waals surface area (Å²) < 4.78 is 5.17. The van der Waals surface area contributed by atoms with Gasteiger partial charge in [0.05, 0.1) is 25.1 Å². The topological polar surface area (TPSA) is 73.6 Å². The highest BCUT2D eigenvalue weighted by Crippen LogP contribution is 2.31. The molecule has 0 aromatic carbocycles. The molecule has 1 heterocycles. The molecule has 1 aliphatic heterocycles. The van der Waals surface area contributed by atoms with Crippen molar-refractivity contribution in [3.05, 3.63) is 0 Å². The Morgan fingerprint density at radius 3 is 2.47 bits per heavy atom. The van der Waals surface area contributed by atoms with E-state index < -0.39 is 23.2 Å². The Bertz CT molecular complexity index is 335. The molecule has 17 heavy (non-hydrogen) atoms. The lowest BCUT2D eigenvalue weighted by molar-refractivity contribution is -0.120. The van der Waals surface area contributed by atoms with Crippen molar-refractivity contribution in [2.24, 2.45) is 5.92 Å². The molecule has 96 valence electrons. The first kappa shape index (κ1) is 13.8. The summed E-state index contributed by atoms with van der Waals surface area (Å²) in [7, 11) is 0. The van der Waals surface area contributed by atoms with Crippen molar-refractivity contribution >= 4 is 6.09 Å². The van der Waals surface area contributed by atoms with Crippen molar-refractivity contribution in [2.45, 2.75) is 45.3 Å². The van der Waals surface area contributed by atoms with Gasteiger partial charge in [-0.25, -0.2) is 4.79 Å². The zero-order chi connectivity index (χ0) is 13.3. The van der Waals surface area contributed by atoms with Crippen LogP contribution in [0.25, 0.3) is 0 Å². The van der Waals surface area contributed by atoms with Crippen molar-refractivity contribution in [1.82, 2.24) is 4.90 Å². The molecule has 0 aromatic rings. The van der Waals surface area contributed by atoms with Crippen LogP contribution in [0, 0.1) is 17.2 Å². The second-order valence-corrected chi connectivity index (χ2v) is 5.53. The lowest BCUT2D eigenvalue weighted by Crippen LogP contribution is -2.67. The number of rotatable bonds is 2. The number of carbonyl (C=O) groups excluding carboxylic acids is 1. The molecule has 1 rings (SSSR count). The summed E-state index contributed by atoms with van der Waals surface area (Å²) >= 11 is 0. The highest BCUT2D eigenvalue weighted by Gasteiger charge is 2.49. The minimum atomic E-state index is -1.07. The minimum absolute atomic E-state index is 0.175. The van der Waals surface area contributed by atoms with Crippen LogP contribution in [0.4, 0.5) is 4.79 Å². The Balaban J connectivity index is 2.51. The monoisotopic (exact) mass is 240 g/mol. The van der Waals surface area contributed by atoms with Crippen molar-refractivity contribution in [1.29, 1.82) is 5.26 Å². The number of carbonyl (C=O) groups is 1. The third kappa shape index (κ3) is 3.10. The molecule has 1 fully saturated rings. The summed E-state index contributed by atoms with van der Waals surface area (Å²) in [5.41, 5.74) is -1.61. The van der Waals surface area contributed by atoms with E-state index in [1.54, 1.807) is 20.8 Å². The van der Waals surface area contributed by atoms with Crippen LogP contribution < -0.4 is 0 Å². The van der Waals surface area contributed by atoms with E-state index in [1.807, 2.05) is 6.92 Å². The molecule has 0 saturated carbocycles.